The largest absolute Gasteiger partial charge is 0.456 e. The highest BCUT2D eigenvalue weighted by Crippen LogP contribution is 2.38. The van der Waals surface area contributed by atoms with Gasteiger partial charge in [-0.3, -0.25) is 9.78 Å². The van der Waals surface area contributed by atoms with Crippen molar-refractivity contribution in [3.8, 4) is 11.3 Å². The van der Waals surface area contributed by atoms with E-state index in [9.17, 15) is 4.79 Å². The van der Waals surface area contributed by atoms with Crippen LogP contribution in [0, 0.1) is 5.92 Å². The first kappa shape index (κ1) is 17.9. The second kappa shape index (κ2) is 7.01. The summed E-state index contributed by atoms with van der Waals surface area (Å²) in [4.78, 5) is 16.1. The van der Waals surface area contributed by atoms with Crippen LogP contribution < -0.4 is 11.5 Å². The van der Waals surface area contributed by atoms with Crippen molar-refractivity contribution in [1.82, 2.24) is 4.98 Å². The first-order chi connectivity index (χ1) is 14.1. The smallest absolute Gasteiger partial charge is 0.220 e. The van der Waals surface area contributed by atoms with Gasteiger partial charge in [0.25, 0.3) is 0 Å². The molecule has 0 radical (unpaired) electrons. The average Bonchev–Trinajstić information content (AvgIpc) is 3.17. The van der Waals surface area contributed by atoms with Gasteiger partial charge in [0.1, 0.15) is 11.3 Å². The molecule has 0 aliphatic heterocycles. The quantitative estimate of drug-likeness (QED) is 0.548. The summed E-state index contributed by atoms with van der Waals surface area (Å²) >= 11 is 0. The maximum Gasteiger partial charge on any atom is 0.220 e. The van der Waals surface area contributed by atoms with E-state index in [2.05, 4.69) is 23.2 Å². The fourth-order valence-electron chi connectivity index (χ4n) is 4.56. The van der Waals surface area contributed by atoms with Gasteiger partial charge in [-0.15, -0.1) is 0 Å². The summed E-state index contributed by atoms with van der Waals surface area (Å²) in [6.45, 7) is 0. The number of nitrogens with two attached hydrogens (primary N) is 2. The Morgan fingerprint density at radius 1 is 1.03 bits per heavy atom. The summed E-state index contributed by atoms with van der Waals surface area (Å²) in [5.74, 6) is 0.573. The summed E-state index contributed by atoms with van der Waals surface area (Å²) in [5.41, 5.74) is 15.0. The van der Waals surface area contributed by atoms with Gasteiger partial charge < -0.3 is 15.9 Å². The van der Waals surface area contributed by atoms with E-state index >= 15 is 0 Å². The van der Waals surface area contributed by atoms with Crippen LogP contribution in [0.15, 0.2) is 65.3 Å². The van der Waals surface area contributed by atoms with Crippen LogP contribution in [0.3, 0.4) is 0 Å². The lowest BCUT2D eigenvalue weighted by atomic mass is 9.74. The molecular formula is C24H23N3O2. The number of benzene rings is 2. The third kappa shape index (κ3) is 3.17. The van der Waals surface area contributed by atoms with Crippen molar-refractivity contribution < 1.29 is 9.21 Å². The van der Waals surface area contributed by atoms with Gasteiger partial charge in [0.15, 0.2) is 0 Å². The lowest BCUT2D eigenvalue weighted by Gasteiger charge is -2.33. The number of carbonyl (C=O) groups excluding carboxylic acids is 1. The minimum absolute atomic E-state index is 0.0274. The van der Waals surface area contributed by atoms with E-state index < -0.39 is 0 Å². The Hall–Kier alpha value is -3.18. The molecule has 5 heteroatoms. The van der Waals surface area contributed by atoms with Gasteiger partial charge in [0.05, 0.1) is 0 Å². The number of aromatic nitrogens is 1. The van der Waals surface area contributed by atoms with E-state index in [0.717, 1.165) is 51.5 Å². The number of rotatable bonds is 3. The summed E-state index contributed by atoms with van der Waals surface area (Å²) in [6, 6.07) is 16.4. The summed E-state index contributed by atoms with van der Waals surface area (Å²) in [5, 5.41) is 3.18. The molecule has 1 aliphatic rings. The van der Waals surface area contributed by atoms with Crippen LogP contribution in [0.25, 0.3) is 33.1 Å². The Labute approximate surface area is 168 Å². The molecule has 1 aliphatic carbocycles. The summed E-state index contributed by atoms with van der Waals surface area (Å²) < 4.78 is 6.09. The van der Waals surface area contributed by atoms with Crippen molar-refractivity contribution in [3.05, 3.63) is 66.5 Å². The lowest BCUT2D eigenvalue weighted by Crippen LogP contribution is -2.38. The van der Waals surface area contributed by atoms with Gasteiger partial charge >= 0.3 is 0 Å². The van der Waals surface area contributed by atoms with E-state index in [0.29, 0.717) is 6.42 Å². The average molecular weight is 385 g/mol. The molecule has 5 rings (SSSR count). The number of hydrogen-bond donors (Lipinski definition) is 2. The number of para-hydroxylation sites is 1. The highest BCUT2D eigenvalue weighted by Gasteiger charge is 2.32. The van der Waals surface area contributed by atoms with Crippen LogP contribution in [0.2, 0.25) is 0 Å². The molecule has 1 fully saturated rings. The van der Waals surface area contributed by atoms with Crippen molar-refractivity contribution in [2.45, 2.75) is 31.2 Å². The number of pyridine rings is 1. The Balaban J connectivity index is 1.61. The Kier molecular flexibility index (Phi) is 4.32. The Morgan fingerprint density at radius 3 is 2.72 bits per heavy atom. The number of hydrogen-bond acceptors (Lipinski definition) is 4. The minimum Gasteiger partial charge on any atom is -0.456 e. The topological polar surface area (TPSA) is 95.1 Å². The molecule has 1 amide bonds. The molecule has 3 unspecified atom stereocenters. The predicted molar refractivity (Wildman–Crippen MR) is 114 cm³/mol. The molecule has 2 aromatic heterocycles. The van der Waals surface area contributed by atoms with Gasteiger partial charge in [-0.25, -0.2) is 0 Å². The van der Waals surface area contributed by atoms with Crippen molar-refractivity contribution in [2.75, 3.05) is 0 Å². The molecular weight excluding hydrogens is 362 g/mol. The Morgan fingerprint density at radius 2 is 1.90 bits per heavy atom. The molecule has 2 aromatic carbocycles. The van der Waals surface area contributed by atoms with Crippen molar-refractivity contribution in [1.29, 1.82) is 0 Å². The number of amides is 1. The van der Waals surface area contributed by atoms with Crippen LogP contribution in [-0.4, -0.2) is 16.9 Å². The van der Waals surface area contributed by atoms with Crippen LogP contribution in [0.5, 0.6) is 0 Å². The molecule has 3 atom stereocenters. The molecule has 5 nitrogen and oxygen atoms in total. The molecule has 1 saturated carbocycles. The van der Waals surface area contributed by atoms with E-state index in [1.54, 1.807) is 0 Å². The molecule has 0 saturated heterocycles. The molecule has 0 spiro atoms. The number of primary amides is 1. The first-order valence-corrected chi connectivity index (χ1v) is 10.0. The van der Waals surface area contributed by atoms with Crippen LogP contribution in [-0.2, 0) is 4.79 Å². The maximum atomic E-state index is 11.7. The zero-order valence-electron chi connectivity index (χ0n) is 16.0. The highest BCUT2D eigenvalue weighted by molar-refractivity contribution is 5.97. The zero-order valence-corrected chi connectivity index (χ0v) is 16.0. The van der Waals surface area contributed by atoms with E-state index in [1.165, 1.54) is 0 Å². The fourth-order valence-corrected chi connectivity index (χ4v) is 4.56. The Bertz CT molecular complexity index is 1180. The number of fused-ring (bicyclic) bond motifs is 2. The van der Waals surface area contributed by atoms with Crippen molar-refractivity contribution in [3.63, 3.8) is 0 Å². The number of furan rings is 1. The second-order valence-electron chi connectivity index (χ2n) is 8.00. The van der Waals surface area contributed by atoms with Gasteiger partial charge in [0.2, 0.25) is 5.91 Å². The fraction of sp³-hybridized carbons (Fsp3) is 0.250. The molecule has 146 valence electrons. The monoisotopic (exact) mass is 385 g/mol. The van der Waals surface area contributed by atoms with Gasteiger partial charge in [-0.2, -0.15) is 0 Å². The van der Waals surface area contributed by atoms with E-state index in [-0.39, 0.29) is 23.8 Å². The normalized spacial score (nSPS) is 22.2. The molecule has 29 heavy (non-hydrogen) atoms. The van der Waals surface area contributed by atoms with Crippen molar-refractivity contribution >= 4 is 27.6 Å². The van der Waals surface area contributed by atoms with Gasteiger partial charge in [0, 0.05) is 40.7 Å². The minimum atomic E-state index is -0.227. The summed E-state index contributed by atoms with van der Waals surface area (Å²) in [6.07, 6.45) is 5.99. The maximum absolute atomic E-state index is 11.7. The predicted octanol–water partition coefficient (Wildman–Crippen LogP) is 4.34. The second-order valence-corrected chi connectivity index (χ2v) is 8.00. The first-order valence-electron chi connectivity index (χ1n) is 10.0. The van der Waals surface area contributed by atoms with Crippen LogP contribution in [0.4, 0.5) is 0 Å². The molecule has 0 bridgehead atoms. The SMILES string of the molecule is NC(=O)C1CCC(N)C(c2ccc3cncc(-c4cc5ccccc5o4)c3c2)C1. The standard InChI is InChI=1S/C24H23N3O2/c25-21-8-7-16(24(26)28)10-19(21)14-5-6-17-12-27-13-20(18(17)9-14)23-11-15-3-1-2-4-22(15)29-23/h1-6,9,11-13,16,19,21H,7-8,10,25H2,(H2,26,28). The third-order valence-electron chi connectivity index (χ3n) is 6.21. The van der Waals surface area contributed by atoms with Crippen LogP contribution >= 0.6 is 0 Å². The number of carbonyl (C=O) groups is 1. The van der Waals surface area contributed by atoms with Gasteiger partial charge in [-0.1, -0.05) is 30.3 Å². The van der Waals surface area contributed by atoms with Crippen molar-refractivity contribution in [2.24, 2.45) is 17.4 Å². The zero-order chi connectivity index (χ0) is 20.0. The van der Waals surface area contributed by atoms with Gasteiger partial charge in [-0.05, 0) is 54.3 Å². The lowest BCUT2D eigenvalue weighted by molar-refractivity contribution is -0.122. The number of nitrogens with zero attached hydrogens (tertiary/aromatic N) is 1. The molecule has 4 N–H and O–H groups in total. The molecule has 2 heterocycles. The highest BCUT2D eigenvalue weighted by atomic mass is 16.3. The van der Waals surface area contributed by atoms with Crippen LogP contribution in [0.1, 0.15) is 30.7 Å². The third-order valence-corrected chi connectivity index (χ3v) is 6.21. The van der Waals surface area contributed by atoms with E-state index in [4.69, 9.17) is 15.9 Å². The molecule has 4 aromatic rings. The van der Waals surface area contributed by atoms with E-state index in [1.807, 2.05) is 42.7 Å². The summed E-state index contributed by atoms with van der Waals surface area (Å²) in [7, 11) is 0.